The summed E-state index contributed by atoms with van der Waals surface area (Å²) in [4.78, 5) is 17.2. The van der Waals surface area contributed by atoms with Crippen molar-refractivity contribution in [1.82, 2.24) is 15.0 Å². The summed E-state index contributed by atoms with van der Waals surface area (Å²) in [5.41, 5.74) is 5.54. The smallest absolute Gasteiger partial charge is 0.185 e. The molecule has 2 N–H and O–H groups in total. The summed E-state index contributed by atoms with van der Waals surface area (Å²) in [7, 11) is 0. The Labute approximate surface area is 109 Å². The van der Waals surface area contributed by atoms with Crippen LogP contribution < -0.4 is 15.5 Å². The Morgan fingerprint density at radius 1 is 1.00 bits per heavy atom. The predicted molar refractivity (Wildman–Crippen MR) is 73.0 cm³/mol. The molecule has 0 aromatic carbocycles. The van der Waals surface area contributed by atoms with Crippen LogP contribution in [0.5, 0.6) is 0 Å². The van der Waals surface area contributed by atoms with Crippen LogP contribution in [0.25, 0.3) is 0 Å². The first-order valence-electron chi connectivity index (χ1n) is 5.80. The maximum absolute atomic E-state index is 5.54. The number of rotatable bonds is 2. The van der Waals surface area contributed by atoms with Gasteiger partial charge in [0.1, 0.15) is 11.6 Å². The van der Waals surface area contributed by atoms with Crippen molar-refractivity contribution in [2.45, 2.75) is 0 Å². The van der Waals surface area contributed by atoms with Crippen LogP contribution in [0.4, 0.5) is 16.8 Å². The van der Waals surface area contributed by atoms with Crippen molar-refractivity contribution in [3.05, 3.63) is 24.0 Å². The highest BCUT2D eigenvalue weighted by atomic mass is 32.1. The molecule has 3 rings (SSSR count). The summed E-state index contributed by atoms with van der Waals surface area (Å²) < 4.78 is 0. The second kappa shape index (κ2) is 4.77. The summed E-state index contributed by atoms with van der Waals surface area (Å²) in [5.74, 6) is 1.35. The molecule has 0 spiro atoms. The molecule has 0 radical (unpaired) electrons. The summed E-state index contributed by atoms with van der Waals surface area (Å²) in [6.07, 6.45) is 5.18. The van der Waals surface area contributed by atoms with Gasteiger partial charge in [0.15, 0.2) is 5.13 Å². The van der Waals surface area contributed by atoms with Crippen molar-refractivity contribution < 1.29 is 0 Å². The maximum Gasteiger partial charge on any atom is 0.185 e. The first-order chi connectivity index (χ1) is 8.83. The summed E-state index contributed by atoms with van der Waals surface area (Å²) in [5, 5.41) is 3.10. The zero-order chi connectivity index (χ0) is 12.4. The van der Waals surface area contributed by atoms with Gasteiger partial charge in [-0.2, -0.15) is 0 Å². The van der Waals surface area contributed by atoms with Crippen LogP contribution in [0.3, 0.4) is 0 Å². The van der Waals surface area contributed by atoms with E-state index in [1.807, 2.05) is 11.6 Å². The third-order valence-electron chi connectivity index (χ3n) is 2.95. The van der Waals surface area contributed by atoms with Gasteiger partial charge in [-0.15, -0.1) is 11.3 Å². The highest BCUT2D eigenvalue weighted by Crippen LogP contribution is 2.20. The quantitative estimate of drug-likeness (QED) is 0.865. The summed E-state index contributed by atoms with van der Waals surface area (Å²) >= 11 is 1.68. The first kappa shape index (κ1) is 11.2. The van der Waals surface area contributed by atoms with Gasteiger partial charge >= 0.3 is 0 Å². The lowest BCUT2D eigenvalue weighted by Gasteiger charge is -2.35. The average molecular weight is 262 g/mol. The van der Waals surface area contributed by atoms with E-state index in [1.165, 1.54) is 0 Å². The normalized spacial score (nSPS) is 16.0. The van der Waals surface area contributed by atoms with Crippen molar-refractivity contribution in [2.24, 2.45) is 0 Å². The van der Waals surface area contributed by atoms with E-state index >= 15 is 0 Å². The molecule has 2 aromatic rings. The van der Waals surface area contributed by atoms with Crippen molar-refractivity contribution in [3.63, 3.8) is 0 Å². The second-order valence-corrected chi connectivity index (χ2v) is 4.96. The molecule has 1 aliphatic heterocycles. The SMILES string of the molecule is Nc1cnc(N2CCN(c3nccs3)CC2)cn1. The molecule has 6 nitrogen and oxygen atoms in total. The van der Waals surface area contributed by atoms with E-state index in [2.05, 4.69) is 24.8 Å². The minimum Gasteiger partial charge on any atom is -0.382 e. The summed E-state index contributed by atoms with van der Waals surface area (Å²) in [6.45, 7) is 3.77. The fourth-order valence-corrected chi connectivity index (χ4v) is 2.69. The number of piperazine rings is 1. The molecule has 0 amide bonds. The van der Waals surface area contributed by atoms with Crippen molar-refractivity contribution in [3.8, 4) is 0 Å². The van der Waals surface area contributed by atoms with Gasteiger partial charge in [-0.1, -0.05) is 0 Å². The molecule has 1 saturated heterocycles. The number of hydrogen-bond acceptors (Lipinski definition) is 7. The molecule has 0 unspecified atom stereocenters. The molecular weight excluding hydrogens is 248 g/mol. The highest BCUT2D eigenvalue weighted by Gasteiger charge is 2.19. The largest absolute Gasteiger partial charge is 0.382 e. The monoisotopic (exact) mass is 262 g/mol. The van der Waals surface area contributed by atoms with Crippen LogP contribution >= 0.6 is 11.3 Å². The van der Waals surface area contributed by atoms with Crippen LogP contribution in [0.2, 0.25) is 0 Å². The van der Waals surface area contributed by atoms with Crippen LogP contribution in [-0.4, -0.2) is 41.1 Å². The average Bonchev–Trinajstić information content (AvgIpc) is 2.94. The number of nitrogen functional groups attached to an aromatic ring is 1. The Morgan fingerprint density at radius 3 is 2.39 bits per heavy atom. The lowest BCUT2D eigenvalue weighted by molar-refractivity contribution is 0.645. The molecule has 0 bridgehead atoms. The zero-order valence-corrected chi connectivity index (χ0v) is 10.7. The molecule has 2 aromatic heterocycles. The zero-order valence-electron chi connectivity index (χ0n) is 9.86. The van der Waals surface area contributed by atoms with Crippen molar-refractivity contribution in [2.75, 3.05) is 41.7 Å². The Kier molecular flexibility index (Phi) is 2.97. The van der Waals surface area contributed by atoms with Gasteiger partial charge in [-0.25, -0.2) is 15.0 Å². The van der Waals surface area contributed by atoms with Gasteiger partial charge < -0.3 is 15.5 Å². The van der Waals surface area contributed by atoms with Crippen LogP contribution in [0.1, 0.15) is 0 Å². The van der Waals surface area contributed by atoms with E-state index in [-0.39, 0.29) is 0 Å². The fraction of sp³-hybridized carbons (Fsp3) is 0.364. The third kappa shape index (κ3) is 2.21. The number of aromatic nitrogens is 3. The molecule has 7 heteroatoms. The lowest BCUT2D eigenvalue weighted by atomic mass is 10.3. The van der Waals surface area contributed by atoms with E-state index < -0.39 is 0 Å². The second-order valence-electron chi connectivity index (χ2n) is 4.09. The highest BCUT2D eigenvalue weighted by molar-refractivity contribution is 7.13. The van der Waals surface area contributed by atoms with E-state index in [4.69, 9.17) is 5.73 Å². The molecule has 1 aliphatic rings. The number of nitrogens with zero attached hydrogens (tertiary/aromatic N) is 5. The van der Waals surface area contributed by atoms with Crippen LogP contribution in [0.15, 0.2) is 24.0 Å². The van der Waals surface area contributed by atoms with Crippen LogP contribution in [0, 0.1) is 0 Å². The number of hydrogen-bond donors (Lipinski definition) is 1. The van der Waals surface area contributed by atoms with E-state index in [0.29, 0.717) is 5.82 Å². The maximum atomic E-state index is 5.54. The minimum absolute atomic E-state index is 0.458. The molecule has 1 fully saturated rings. The predicted octanol–water partition coefficient (Wildman–Crippen LogP) is 0.842. The van der Waals surface area contributed by atoms with Crippen molar-refractivity contribution in [1.29, 1.82) is 0 Å². The Balaban J connectivity index is 1.65. The molecule has 94 valence electrons. The van der Waals surface area contributed by atoms with Gasteiger partial charge in [0.05, 0.1) is 12.4 Å². The molecule has 0 atom stereocenters. The molecule has 18 heavy (non-hydrogen) atoms. The molecule has 0 saturated carbocycles. The minimum atomic E-state index is 0.458. The topological polar surface area (TPSA) is 71.2 Å². The Morgan fingerprint density at radius 2 is 1.78 bits per heavy atom. The lowest BCUT2D eigenvalue weighted by Crippen LogP contribution is -2.46. The first-order valence-corrected chi connectivity index (χ1v) is 6.68. The van der Waals surface area contributed by atoms with E-state index in [1.54, 1.807) is 23.7 Å². The van der Waals surface area contributed by atoms with Gasteiger partial charge in [0.25, 0.3) is 0 Å². The molecule has 3 heterocycles. The van der Waals surface area contributed by atoms with Gasteiger partial charge in [0.2, 0.25) is 0 Å². The number of nitrogens with two attached hydrogens (primary N) is 1. The summed E-state index contributed by atoms with van der Waals surface area (Å²) in [6, 6.07) is 0. The Hall–Kier alpha value is -1.89. The van der Waals surface area contributed by atoms with Gasteiger partial charge in [0, 0.05) is 37.8 Å². The van der Waals surface area contributed by atoms with Gasteiger partial charge in [-0.05, 0) is 0 Å². The standard InChI is InChI=1S/C11H14N6S/c12-9-7-15-10(8-14-9)16-2-4-17(5-3-16)11-13-1-6-18-11/h1,6-8H,2-5H2,(H2,12,14). The van der Waals surface area contributed by atoms with Gasteiger partial charge in [-0.3, -0.25) is 0 Å². The molecular formula is C11H14N6S. The molecule has 0 aliphatic carbocycles. The van der Waals surface area contributed by atoms with E-state index in [0.717, 1.165) is 37.1 Å². The van der Waals surface area contributed by atoms with Crippen molar-refractivity contribution >= 4 is 28.1 Å². The number of anilines is 3. The van der Waals surface area contributed by atoms with E-state index in [9.17, 15) is 0 Å². The Bertz CT molecular complexity index is 489. The number of thiazole rings is 1. The fourth-order valence-electron chi connectivity index (χ4n) is 1.99. The third-order valence-corrected chi connectivity index (χ3v) is 3.78. The van der Waals surface area contributed by atoms with Crippen LogP contribution in [-0.2, 0) is 0 Å².